The van der Waals surface area contributed by atoms with Gasteiger partial charge in [-0.15, -0.1) is 24.8 Å². The highest BCUT2D eigenvalue weighted by molar-refractivity contribution is 5.92. The summed E-state index contributed by atoms with van der Waals surface area (Å²) < 4.78 is 4.93. The van der Waals surface area contributed by atoms with Crippen LogP contribution in [0.25, 0.3) is 10.9 Å². The van der Waals surface area contributed by atoms with Crippen LogP contribution in [-0.2, 0) is 16.0 Å². The van der Waals surface area contributed by atoms with Gasteiger partial charge in [-0.1, -0.05) is 12.1 Å². The lowest BCUT2D eigenvalue weighted by atomic mass is 10.2. The summed E-state index contributed by atoms with van der Waals surface area (Å²) in [6.07, 6.45) is 2.36. The van der Waals surface area contributed by atoms with Crippen LogP contribution >= 0.6 is 24.8 Å². The molecule has 0 amide bonds. The van der Waals surface area contributed by atoms with E-state index in [0.29, 0.717) is 18.8 Å². The fourth-order valence-corrected chi connectivity index (χ4v) is 2.97. The van der Waals surface area contributed by atoms with Crippen molar-refractivity contribution in [3.05, 3.63) is 30.1 Å². The van der Waals surface area contributed by atoms with E-state index in [1.54, 1.807) is 0 Å². The Bertz CT molecular complexity index is 699. The van der Waals surface area contributed by atoms with Gasteiger partial charge in [0.1, 0.15) is 17.7 Å². The zero-order chi connectivity index (χ0) is 15.5. The number of benzene rings is 1. The van der Waals surface area contributed by atoms with E-state index < -0.39 is 0 Å². The van der Waals surface area contributed by atoms with Gasteiger partial charge in [-0.2, -0.15) is 0 Å². The molecule has 0 aliphatic carbocycles. The first-order valence-electron chi connectivity index (χ1n) is 7.55. The largest absolute Gasteiger partial charge is 0.467 e. The van der Waals surface area contributed by atoms with Crippen LogP contribution < -0.4 is 10.6 Å². The zero-order valence-corrected chi connectivity index (χ0v) is 15.1. The second kappa shape index (κ2) is 9.01. The number of methoxy groups -OCH3 is 1. The van der Waals surface area contributed by atoms with Gasteiger partial charge in [-0.25, -0.2) is 14.8 Å². The third kappa shape index (κ3) is 3.88. The molecule has 0 saturated carbocycles. The molecule has 1 fully saturated rings. The van der Waals surface area contributed by atoms with Gasteiger partial charge in [-0.05, 0) is 31.5 Å². The molecule has 8 heteroatoms. The van der Waals surface area contributed by atoms with E-state index in [-0.39, 0.29) is 36.8 Å². The molecule has 1 atom stereocenters. The summed E-state index contributed by atoms with van der Waals surface area (Å²) in [4.78, 5) is 23.3. The topological polar surface area (TPSA) is 81.3 Å². The Labute approximate surface area is 153 Å². The number of esters is 1. The Morgan fingerprint density at radius 1 is 1.33 bits per heavy atom. The molecule has 6 nitrogen and oxygen atoms in total. The normalized spacial score (nSPS) is 16.4. The predicted molar refractivity (Wildman–Crippen MR) is 99.2 cm³/mol. The molecule has 2 N–H and O–H groups in total. The first kappa shape index (κ1) is 20.4. The van der Waals surface area contributed by atoms with Gasteiger partial charge < -0.3 is 15.4 Å². The molecule has 132 valence electrons. The van der Waals surface area contributed by atoms with Gasteiger partial charge in [0.2, 0.25) is 0 Å². The zero-order valence-electron chi connectivity index (χ0n) is 13.5. The lowest BCUT2D eigenvalue weighted by Crippen LogP contribution is -2.37. The SMILES string of the molecule is COC(=O)[C@@H]1CCCN1c1nc(CCN)nc2ccccc12.Cl.Cl. The predicted octanol–water partition coefficient (Wildman–Crippen LogP) is 2.12. The van der Waals surface area contributed by atoms with E-state index in [2.05, 4.69) is 9.97 Å². The van der Waals surface area contributed by atoms with Gasteiger partial charge in [0, 0.05) is 18.4 Å². The molecule has 1 saturated heterocycles. The molecule has 2 aromatic rings. The van der Waals surface area contributed by atoms with Crippen LogP contribution in [0, 0.1) is 0 Å². The van der Waals surface area contributed by atoms with Crippen molar-refractivity contribution in [3.8, 4) is 0 Å². The number of fused-ring (bicyclic) bond motifs is 1. The summed E-state index contributed by atoms with van der Waals surface area (Å²) in [6, 6.07) is 7.59. The maximum atomic E-state index is 12.0. The van der Waals surface area contributed by atoms with E-state index in [1.165, 1.54) is 7.11 Å². The van der Waals surface area contributed by atoms with E-state index in [1.807, 2.05) is 29.2 Å². The number of nitrogens with zero attached hydrogens (tertiary/aromatic N) is 3. The van der Waals surface area contributed by atoms with Crippen LogP contribution in [0.4, 0.5) is 5.82 Å². The quantitative estimate of drug-likeness (QED) is 0.827. The Kier molecular flexibility index (Phi) is 7.66. The van der Waals surface area contributed by atoms with Crippen molar-refractivity contribution in [2.75, 3.05) is 25.1 Å². The molecular weight excluding hydrogens is 351 g/mol. The van der Waals surface area contributed by atoms with Gasteiger partial charge in [0.15, 0.2) is 0 Å². The maximum absolute atomic E-state index is 12.0. The molecule has 0 unspecified atom stereocenters. The highest BCUT2D eigenvalue weighted by atomic mass is 35.5. The van der Waals surface area contributed by atoms with Crippen molar-refractivity contribution in [3.63, 3.8) is 0 Å². The molecule has 24 heavy (non-hydrogen) atoms. The smallest absolute Gasteiger partial charge is 0.328 e. The molecular formula is C16H22Cl2N4O2. The lowest BCUT2D eigenvalue weighted by molar-refractivity contribution is -0.141. The molecule has 0 spiro atoms. The Morgan fingerprint density at radius 2 is 2.08 bits per heavy atom. The number of hydrogen-bond acceptors (Lipinski definition) is 6. The van der Waals surface area contributed by atoms with Gasteiger partial charge in [0.25, 0.3) is 0 Å². The summed E-state index contributed by atoms with van der Waals surface area (Å²) >= 11 is 0. The average molecular weight is 373 g/mol. The highest BCUT2D eigenvalue weighted by Crippen LogP contribution is 2.30. The van der Waals surface area contributed by atoms with E-state index in [0.717, 1.165) is 36.1 Å². The molecule has 3 rings (SSSR count). The van der Waals surface area contributed by atoms with Crippen molar-refractivity contribution in [2.45, 2.75) is 25.3 Å². The van der Waals surface area contributed by atoms with Crippen LogP contribution in [-0.4, -0.2) is 42.2 Å². The van der Waals surface area contributed by atoms with Crippen LogP contribution in [0.3, 0.4) is 0 Å². The number of aromatic nitrogens is 2. The molecule has 1 aliphatic rings. The molecule has 0 bridgehead atoms. The fraction of sp³-hybridized carbons (Fsp3) is 0.438. The van der Waals surface area contributed by atoms with Gasteiger partial charge in [0.05, 0.1) is 12.6 Å². The highest BCUT2D eigenvalue weighted by Gasteiger charge is 2.33. The summed E-state index contributed by atoms with van der Waals surface area (Å²) in [7, 11) is 1.43. The minimum absolute atomic E-state index is 0. The molecule has 0 radical (unpaired) electrons. The average Bonchev–Trinajstić information content (AvgIpc) is 3.03. The number of carbonyl (C=O) groups excluding carboxylic acids is 1. The second-order valence-electron chi connectivity index (χ2n) is 5.39. The van der Waals surface area contributed by atoms with Gasteiger partial charge in [-0.3, -0.25) is 0 Å². The minimum Gasteiger partial charge on any atom is -0.467 e. The summed E-state index contributed by atoms with van der Waals surface area (Å²) in [6.45, 7) is 1.29. The number of anilines is 1. The van der Waals surface area contributed by atoms with E-state index in [4.69, 9.17) is 10.5 Å². The number of rotatable bonds is 4. The standard InChI is InChI=1S/C16H20N4O2.2ClH/c1-22-16(21)13-7-4-10-20(13)15-11-5-2-3-6-12(11)18-14(19-15)8-9-17;;/h2-3,5-6,13H,4,7-10,17H2,1H3;2*1H/t13-;;/m0../s1. The Balaban J connectivity index is 0.00000144. The minimum atomic E-state index is -0.269. The van der Waals surface area contributed by atoms with Crippen molar-refractivity contribution in [1.29, 1.82) is 0 Å². The number of ether oxygens (including phenoxy) is 1. The van der Waals surface area contributed by atoms with Crippen molar-refractivity contribution in [2.24, 2.45) is 5.73 Å². The number of carbonyl (C=O) groups is 1. The van der Waals surface area contributed by atoms with Crippen LogP contribution in [0.5, 0.6) is 0 Å². The fourth-order valence-electron chi connectivity index (χ4n) is 2.97. The third-order valence-electron chi connectivity index (χ3n) is 4.00. The number of nitrogens with two attached hydrogens (primary N) is 1. The first-order valence-corrected chi connectivity index (χ1v) is 7.55. The molecule has 2 heterocycles. The summed E-state index contributed by atoms with van der Waals surface area (Å²) in [5.41, 5.74) is 6.52. The third-order valence-corrected chi connectivity index (χ3v) is 4.00. The van der Waals surface area contributed by atoms with E-state index >= 15 is 0 Å². The molecule has 1 aromatic carbocycles. The second-order valence-corrected chi connectivity index (χ2v) is 5.39. The monoisotopic (exact) mass is 372 g/mol. The van der Waals surface area contributed by atoms with Crippen LogP contribution in [0.15, 0.2) is 24.3 Å². The number of para-hydroxylation sites is 1. The van der Waals surface area contributed by atoms with Crippen molar-refractivity contribution < 1.29 is 9.53 Å². The first-order chi connectivity index (χ1) is 10.7. The Morgan fingerprint density at radius 3 is 2.79 bits per heavy atom. The summed E-state index contributed by atoms with van der Waals surface area (Å²) in [5, 5.41) is 0.957. The van der Waals surface area contributed by atoms with Crippen LogP contribution in [0.2, 0.25) is 0 Å². The Hall–Kier alpha value is -1.63. The van der Waals surface area contributed by atoms with Crippen molar-refractivity contribution >= 4 is 47.5 Å². The molecule has 1 aliphatic heterocycles. The van der Waals surface area contributed by atoms with Crippen molar-refractivity contribution in [1.82, 2.24) is 9.97 Å². The summed E-state index contributed by atoms with van der Waals surface area (Å²) in [5.74, 6) is 1.31. The maximum Gasteiger partial charge on any atom is 0.328 e. The van der Waals surface area contributed by atoms with Crippen LogP contribution in [0.1, 0.15) is 18.7 Å². The number of halogens is 2. The number of hydrogen-bond donors (Lipinski definition) is 1. The van der Waals surface area contributed by atoms with Gasteiger partial charge >= 0.3 is 5.97 Å². The molecule has 1 aromatic heterocycles. The lowest BCUT2D eigenvalue weighted by Gasteiger charge is -2.25. The van der Waals surface area contributed by atoms with E-state index in [9.17, 15) is 4.79 Å².